The number of aryl methyl sites for hydroxylation is 2. The fourth-order valence-electron chi connectivity index (χ4n) is 3.53. The Morgan fingerprint density at radius 3 is 2.23 bits per heavy atom. The molecule has 2 aromatic heterocycles. The topological polar surface area (TPSA) is 93.5 Å². The lowest BCUT2D eigenvalue weighted by molar-refractivity contribution is 0.382. The minimum absolute atomic E-state index is 0.240. The predicted molar refractivity (Wildman–Crippen MR) is 113 cm³/mol. The van der Waals surface area contributed by atoms with E-state index in [1.54, 1.807) is 28.9 Å². The van der Waals surface area contributed by atoms with Gasteiger partial charge >= 0.3 is 0 Å². The van der Waals surface area contributed by atoms with Gasteiger partial charge in [-0.1, -0.05) is 6.07 Å². The molecule has 0 N–H and O–H groups in total. The third-order valence-electron chi connectivity index (χ3n) is 5.10. The molecule has 3 heterocycles. The van der Waals surface area contributed by atoms with E-state index in [-0.39, 0.29) is 4.90 Å². The Morgan fingerprint density at radius 1 is 0.933 bits per heavy atom. The van der Waals surface area contributed by atoms with Gasteiger partial charge in [-0.2, -0.15) is 9.40 Å². The molecule has 0 radical (unpaired) electrons. The molecule has 3 aromatic rings. The summed E-state index contributed by atoms with van der Waals surface area (Å²) in [7, 11) is -2.05. The molecule has 0 bridgehead atoms. The number of hydrogen-bond donors (Lipinski definition) is 0. The van der Waals surface area contributed by atoms with Crippen LogP contribution in [0.15, 0.2) is 47.4 Å². The quantitative estimate of drug-likeness (QED) is 0.612. The zero-order valence-corrected chi connectivity index (χ0v) is 18.0. The van der Waals surface area contributed by atoms with E-state index in [0.717, 1.165) is 17.2 Å². The molecular weight excluding hydrogens is 404 g/mol. The number of rotatable bonds is 5. The number of methoxy groups -OCH3 is 1. The third kappa shape index (κ3) is 3.88. The molecule has 0 spiro atoms. The molecule has 30 heavy (non-hydrogen) atoms. The first-order valence-electron chi connectivity index (χ1n) is 9.65. The smallest absolute Gasteiger partial charge is 0.243 e. The van der Waals surface area contributed by atoms with Crippen LogP contribution < -0.4 is 9.64 Å². The zero-order valence-electron chi connectivity index (χ0n) is 17.2. The largest absolute Gasteiger partial charge is 0.497 e. The van der Waals surface area contributed by atoms with E-state index in [1.165, 1.54) is 11.4 Å². The van der Waals surface area contributed by atoms with Crippen molar-refractivity contribution in [3.8, 4) is 11.6 Å². The van der Waals surface area contributed by atoms with Gasteiger partial charge in [0.15, 0.2) is 11.6 Å². The second-order valence-corrected chi connectivity index (χ2v) is 9.10. The van der Waals surface area contributed by atoms with Crippen LogP contribution >= 0.6 is 0 Å². The van der Waals surface area contributed by atoms with Crippen molar-refractivity contribution in [3.63, 3.8) is 0 Å². The normalized spacial score (nSPS) is 15.4. The van der Waals surface area contributed by atoms with Crippen molar-refractivity contribution in [3.05, 3.63) is 53.9 Å². The minimum Gasteiger partial charge on any atom is -0.497 e. The summed E-state index contributed by atoms with van der Waals surface area (Å²) in [6.07, 6.45) is 0. The Labute approximate surface area is 176 Å². The Kier molecular flexibility index (Phi) is 5.44. The minimum atomic E-state index is -3.57. The van der Waals surface area contributed by atoms with Gasteiger partial charge in [0, 0.05) is 37.9 Å². The lowest BCUT2D eigenvalue weighted by atomic mass is 10.3. The second kappa shape index (κ2) is 8.04. The van der Waals surface area contributed by atoms with Gasteiger partial charge in [0.05, 0.1) is 17.7 Å². The van der Waals surface area contributed by atoms with Crippen molar-refractivity contribution in [2.24, 2.45) is 0 Å². The lowest BCUT2D eigenvalue weighted by Gasteiger charge is -2.34. The van der Waals surface area contributed by atoms with Gasteiger partial charge < -0.3 is 9.64 Å². The molecule has 10 heteroatoms. The molecule has 0 atom stereocenters. The first kappa shape index (κ1) is 20.3. The van der Waals surface area contributed by atoms with Crippen LogP contribution in [0.3, 0.4) is 0 Å². The van der Waals surface area contributed by atoms with Gasteiger partial charge in [-0.25, -0.2) is 13.1 Å². The summed E-state index contributed by atoms with van der Waals surface area (Å²) in [5, 5.41) is 13.0. The van der Waals surface area contributed by atoms with Gasteiger partial charge in [0.1, 0.15) is 5.75 Å². The maximum atomic E-state index is 12.9. The summed E-state index contributed by atoms with van der Waals surface area (Å²) < 4.78 is 34.3. The van der Waals surface area contributed by atoms with Gasteiger partial charge in [0.2, 0.25) is 10.0 Å². The van der Waals surface area contributed by atoms with Crippen molar-refractivity contribution in [1.82, 2.24) is 24.3 Å². The molecule has 1 aliphatic rings. The number of nitrogens with zero attached hydrogens (tertiary/aromatic N) is 6. The van der Waals surface area contributed by atoms with Crippen LogP contribution in [0.5, 0.6) is 5.75 Å². The van der Waals surface area contributed by atoms with E-state index in [4.69, 9.17) is 4.74 Å². The molecule has 1 fully saturated rings. The molecule has 0 aliphatic carbocycles. The van der Waals surface area contributed by atoms with E-state index in [0.29, 0.717) is 37.7 Å². The SMILES string of the molecule is COc1cccc(S(=O)(=O)N2CCN(c3ccc(-n4nc(C)cc4C)nn3)CC2)c1. The molecular formula is C20H24N6O3S. The van der Waals surface area contributed by atoms with Crippen LogP contribution in [0.4, 0.5) is 5.82 Å². The Bertz CT molecular complexity index is 1140. The summed E-state index contributed by atoms with van der Waals surface area (Å²) in [6, 6.07) is 12.3. The summed E-state index contributed by atoms with van der Waals surface area (Å²) in [4.78, 5) is 2.28. The molecule has 0 unspecified atom stereocenters. The number of anilines is 1. The van der Waals surface area contributed by atoms with E-state index >= 15 is 0 Å². The number of ether oxygens (including phenoxy) is 1. The lowest BCUT2D eigenvalue weighted by Crippen LogP contribution is -2.49. The molecule has 1 aromatic carbocycles. The fraction of sp³-hybridized carbons (Fsp3) is 0.350. The summed E-state index contributed by atoms with van der Waals surface area (Å²) in [6.45, 7) is 5.73. The Morgan fingerprint density at radius 2 is 1.63 bits per heavy atom. The molecule has 158 valence electrons. The van der Waals surface area contributed by atoms with E-state index in [1.807, 2.05) is 36.9 Å². The zero-order chi connectivity index (χ0) is 21.3. The van der Waals surface area contributed by atoms with Crippen LogP contribution in [-0.2, 0) is 10.0 Å². The second-order valence-electron chi connectivity index (χ2n) is 7.16. The number of hydrogen-bond acceptors (Lipinski definition) is 7. The summed E-state index contributed by atoms with van der Waals surface area (Å²) >= 11 is 0. The molecule has 0 amide bonds. The van der Waals surface area contributed by atoms with Crippen molar-refractivity contribution in [2.45, 2.75) is 18.7 Å². The van der Waals surface area contributed by atoms with Crippen LogP contribution in [0.25, 0.3) is 5.82 Å². The van der Waals surface area contributed by atoms with Crippen LogP contribution in [0.1, 0.15) is 11.4 Å². The number of aromatic nitrogens is 4. The highest BCUT2D eigenvalue weighted by atomic mass is 32.2. The highest BCUT2D eigenvalue weighted by Gasteiger charge is 2.29. The van der Waals surface area contributed by atoms with Crippen molar-refractivity contribution in [1.29, 1.82) is 0 Å². The highest BCUT2D eigenvalue weighted by Crippen LogP contribution is 2.23. The highest BCUT2D eigenvalue weighted by molar-refractivity contribution is 7.89. The van der Waals surface area contributed by atoms with Crippen LogP contribution in [-0.4, -0.2) is 66.0 Å². The standard InChI is InChI=1S/C20H24N6O3S/c1-15-13-16(2)26(23-15)20-8-7-19(21-22-20)24-9-11-25(12-10-24)30(27,28)18-6-4-5-17(14-18)29-3/h4-8,13-14H,9-12H2,1-3H3. The van der Waals surface area contributed by atoms with E-state index in [2.05, 4.69) is 15.3 Å². The van der Waals surface area contributed by atoms with Gasteiger partial charge in [0.25, 0.3) is 0 Å². The number of sulfonamides is 1. The fourth-order valence-corrected chi connectivity index (χ4v) is 4.99. The molecule has 9 nitrogen and oxygen atoms in total. The first-order valence-corrected chi connectivity index (χ1v) is 11.1. The van der Waals surface area contributed by atoms with Gasteiger partial charge in [-0.3, -0.25) is 0 Å². The maximum Gasteiger partial charge on any atom is 0.243 e. The molecule has 1 aliphatic heterocycles. The van der Waals surface area contributed by atoms with Crippen molar-refractivity contribution >= 4 is 15.8 Å². The summed E-state index contributed by atoms with van der Waals surface area (Å²) in [5.74, 6) is 1.90. The third-order valence-corrected chi connectivity index (χ3v) is 7.00. The van der Waals surface area contributed by atoms with E-state index < -0.39 is 10.0 Å². The average Bonchev–Trinajstić information content (AvgIpc) is 3.12. The molecule has 1 saturated heterocycles. The van der Waals surface area contributed by atoms with E-state index in [9.17, 15) is 8.42 Å². The number of piperazine rings is 1. The Balaban J connectivity index is 1.45. The average molecular weight is 429 g/mol. The van der Waals surface area contributed by atoms with Crippen LogP contribution in [0.2, 0.25) is 0 Å². The van der Waals surface area contributed by atoms with Gasteiger partial charge in [-0.15, -0.1) is 10.2 Å². The number of benzene rings is 1. The Hall–Kier alpha value is -2.98. The predicted octanol–water partition coefficient (Wildman–Crippen LogP) is 1.80. The van der Waals surface area contributed by atoms with Crippen LogP contribution in [0, 0.1) is 13.8 Å². The van der Waals surface area contributed by atoms with Gasteiger partial charge in [-0.05, 0) is 44.2 Å². The summed E-state index contributed by atoms with van der Waals surface area (Å²) in [5.41, 5.74) is 1.91. The van der Waals surface area contributed by atoms with Crippen molar-refractivity contribution in [2.75, 3.05) is 38.2 Å². The first-order chi connectivity index (χ1) is 14.4. The van der Waals surface area contributed by atoms with Crippen molar-refractivity contribution < 1.29 is 13.2 Å². The maximum absolute atomic E-state index is 12.9. The monoisotopic (exact) mass is 428 g/mol. The molecule has 0 saturated carbocycles. The molecule has 4 rings (SSSR count).